The Labute approximate surface area is 95.3 Å². The fourth-order valence-corrected chi connectivity index (χ4v) is 1.06. The molecule has 0 bridgehead atoms. The predicted octanol–water partition coefficient (Wildman–Crippen LogP) is -0.400. The third kappa shape index (κ3) is 3.42. The third-order valence-electron chi connectivity index (χ3n) is 2.25. The molecule has 0 aromatic rings. The second kappa shape index (κ2) is 4.44. The number of nitrogens with one attached hydrogen (secondary N) is 1. The van der Waals surface area contributed by atoms with Crippen molar-refractivity contribution in [3.8, 4) is 0 Å². The van der Waals surface area contributed by atoms with E-state index in [4.69, 9.17) is 5.73 Å². The number of carbonyl (C=O) groups is 1. The highest BCUT2D eigenvalue weighted by Crippen LogP contribution is 2.15. The highest BCUT2D eigenvalue weighted by Gasteiger charge is 2.38. The normalized spacial score (nSPS) is 14.4. The van der Waals surface area contributed by atoms with Crippen LogP contribution in [0.1, 0.15) is 20.8 Å². The topological polar surface area (TPSA) is 89.3 Å². The van der Waals surface area contributed by atoms with E-state index in [9.17, 15) is 13.2 Å². The Kier molecular flexibility index (Phi) is 4.24. The zero-order valence-electron chi connectivity index (χ0n) is 9.20. The smallest absolute Gasteiger partial charge is 0.241 e. The quantitative estimate of drug-likeness (QED) is 0.665. The van der Waals surface area contributed by atoms with E-state index < -0.39 is 26.5 Å². The van der Waals surface area contributed by atoms with Crippen molar-refractivity contribution in [2.75, 3.05) is 6.26 Å². The molecule has 0 aliphatic rings. The van der Waals surface area contributed by atoms with Crippen LogP contribution in [-0.2, 0) is 14.6 Å². The van der Waals surface area contributed by atoms with Crippen LogP contribution in [0.5, 0.6) is 0 Å². The molecule has 0 fully saturated rings. The molecular weight excluding hydrogens is 236 g/mol. The van der Waals surface area contributed by atoms with Gasteiger partial charge in [-0.3, -0.25) is 4.79 Å². The van der Waals surface area contributed by atoms with Crippen LogP contribution in [0.15, 0.2) is 0 Å². The van der Waals surface area contributed by atoms with Gasteiger partial charge in [-0.05, 0) is 20.8 Å². The molecule has 1 amide bonds. The van der Waals surface area contributed by atoms with Gasteiger partial charge in [0.25, 0.3) is 0 Å². The van der Waals surface area contributed by atoms with Gasteiger partial charge in [-0.1, -0.05) is 12.2 Å². The number of hydrogen-bond acceptors (Lipinski definition) is 4. The second-order valence-electron chi connectivity index (χ2n) is 3.88. The van der Waals surface area contributed by atoms with E-state index >= 15 is 0 Å². The van der Waals surface area contributed by atoms with Crippen molar-refractivity contribution in [1.82, 2.24) is 5.32 Å². The van der Waals surface area contributed by atoms with Gasteiger partial charge in [-0.25, -0.2) is 8.42 Å². The molecule has 0 aliphatic heterocycles. The van der Waals surface area contributed by atoms with E-state index in [1.165, 1.54) is 13.8 Å². The lowest BCUT2D eigenvalue weighted by atomic mass is 10.2. The molecule has 0 radical (unpaired) electrons. The highest BCUT2D eigenvalue weighted by atomic mass is 32.2. The minimum atomic E-state index is -3.47. The molecule has 3 N–H and O–H groups in total. The lowest BCUT2D eigenvalue weighted by molar-refractivity contribution is -0.123. The Morgan fingerprint density at radius 1 is 1.47 bits per heavy atom. The van der Waals surface area contributed by atoms with Gasteiger partial charge in [0.1, 0.15) is 4.75 Å². The summed E-state index contributed by atoms with van der Waals surface area (Å²) in [6.07, 6.45) is 1.01. The Morgan fingerprint density at radius 2 is 1.87 bits per heavy atom. The van der Waals surface area contributed by atoms with Crippen LogP contribution in [0.2, 0.25) is 0 Å². The molecule has 0 aromatic carbocycles. The molecule has 0 aliphatic carbocycles. The summed E-state index contributed by atoms with van der Waals surface area (Å²) in [6.45, 7) is 4.27. The second-order valence-corrected chi connectivity index (χ2v) is 6.92. The average Bonchev–Trinajstić information content (AvgIpc) is 2.01. The highest BCUT2D eigenvalue weighted by molar-refractivity contribution is 7.92. The van der Waals surface area contributed by atoms with E-state index in [-0.39, 0.29) is 4.99 Å². The summed E-state index contributed by atoms with van der Waals surface area (Å²) in [6, 6.07) is -0.520. The van der Waals surface area contributed by atoms with Crippen LogP contribution >= 0.6 is 12.2 Å². The molecule has 0 rings (SSSR count). The first-order valence-corrected chi connectivity index (χ1v) is 6.60. The van der Waals surface area contributed by atoms with Gasteiger partial charge >= 0.3 is 0 Å². The van der Waals surface area contributed by atoms with Crippen molar-refractivity contribution in [3.63, 3.8) is 0 Å². The summed E-state index contributed by atoms with van der Waals surface area (Å²) in [5, 5.41) is 2.44. The van der Waals surface area contributed by atoms with Crippen molar-refractivity contribution in [3.05, 3.63) is 0 Å². The number of nitrogens with two attached hydrogens (primary N) is 1. The van der Waals surface area contributed by atoms with Gasteiger partial charge in [0.05, 0.1) is 11.0 Å². The molecule has 5 nitrogen and oxygen atoms in total. The minimum Gasteiger partial charge on any atom is -0.392 e. The first-order valence-electron chi connectivity index (χ1n) is 4.30. The zero-order chi connectivity index (χ0) is 12.4. The summed E-state index contributed by atoms with van der Waals surface area (Å²) in [5.74, 6) is -0.606. The minimum absolute atomic E-state index is 0.118. The fourth-order valence-electron chi connectivity index (χ4n) is 0.610. The largest absolute Gasteiger partial charge is 0.392 e. The van der Waals surface area contributed by atoms with Gasteiger partial charge in [-0.15, -0.1) is 0 Å². The van der Waals surface area contributed by atoms with Gasteiger partial charge in [0, 0.05) is 6.26 Å². The number of thiocarbonyl (C=S) groups is 1. The van der Waals surface area contributed by atoms with E-state index in [1.807, 2.05) is 0 Å². The number of rotatable bonds is 4. The third-order valence-corrected chi connectivity index (χ3v) is 4.64. The lowest BCUT2D eigenvalue weighted by Gasteiger charge is -2.23. The first kappa shape index (κ1) is 14.3. The van der Waals surface area contributed by atoms with Crippen molar-refractivity contribution in [2.24, 2.45) is 5.73 Å². The summed E-state index contributed by atoms with van der Waals surface area (Å²) >= 11 is 4.67. The van der Waals surface area contributed by atoms with E-state index in [1.54, 1.807) is 6.92 Å². The number of carbonyl (C=O) groups excluding carboxylic acids is 1. The SMILES string of the molecule is CC(NC(=O)C(C)(C)S(C)(=O)=O)C(N)=S. The number of hydrogen-bond donors (Lipinski definition) is 2. The molecule has 1 unspecified atom stereocenters. The van der Waals surface area contributed by atoms with Crippen LogP contribution in [0, 0.1) is 0 Å². The zero-order valence-corrected chi connectivity index (χ0v) is 10.8. The average molecular weight is 252 g/mol. The van der Waals surface area contributed by atoms with E-state index in [0.29, 0.717) is 0 Å². The van der Waals surface area contributed by atoms with Gasteiger partial charge < -0.3 is 11.1 Å². The summed E-state index contributed by atoms with van der Waals surface area (Å²) in [4.78, 5) is 11.7. The van der Waals surface area contributed by atoms with Gasteiger partial charge in [-0.2, -0.15) is 0 Å². The molecule has 1 atom stereocenters. The molecule has 15 heavy (non-hydrogen) atoms. The predicted molar refractivity (Wildman–Crippen MR) is 63.3 cm³/mol. The lowest BCUT2D eigenvalue weighted by Crippen LogP contribution is -2.52. The summed E-state index contributed by atoms with van der Waals surface area (Å²) < 4.78 is 21.2. The standard InChI is InChI=1S/C8H16N2O3S2/c1-5(6(9)14)10-7(11)8(2,3)15(4,12)13/h5H,1-4H3,(H2,9,14)(H,10,11). The van der Waals surface area contributed by atoms with Crippen molar-refractivity contribution >= 4 is 33.0 Å². The number of sulfone groups is 1. The van der Waals surface area contributed by atoms with Gasteiger partial charge in [0.15, 0.2) is 9.84 Å². The Balaban J connectivity index is 4.82. The van der Waals surface area contributed by atoms with Crippen molar-refractivity contribution < 1.29 is 13.2 Å². The first-order chi connectivity index (χ1) is 6.50. The van der Waals surface area contributed by atoms with E-state index in [0.717, 1.165) is 6.26 Å². The van der Waals surface area contributed by atoms with Crippen LogP contribution in [-0.4, -0.2) is 36.4 Å². The molecule has 0 saturated heterocycles. The molecule has 0 spiro atoms. The van der Waals surface area contributed by atoms with Crippen LogP contribution in [0.25, 0.3) is 0 Å². The maximum Gasteiger partial charge on any atom is 0.241 e. The molecule has 0 saturated carbocycles. The fraction of sp³-hybridized carbons (Fsp3) is 0.750. The molecule has 0 heterocycles. The molecule has 0 aromatic heterocycles. The molecular formula is C8H16N2O3S2. The summed E-state index contributed by atoms with van der Waals surface area (Å²) in [7, 11) is -3.47. The molecule has 7 heteroatoms. The van der Waals surface area contributed by atoms with Crippen LogP contribution in [0.4, 0.5) is 0 Å². The summed E-state index contributed by atoms with van der Waals surface area (Å²) in [5.41, 5.74) is 5.30. The maximum atomic E-state index is 11.6. The molecule has 88 valence electrons. The Bertz CT molecular complexity index is 373. The Hall–Kier alpha value is -0.690. The number of amides is 1. The van der Waals surface area contributed by atoms with Crippen LogP contribution in [0.3, 0.4) is 0 Å². The maximum absolute atomic E-state index is 11.6. The van der Waals surface area contributed by atoms with E-state index in [2.05, 4.69) is 17.5 Å². The van der Waals surface area contributed by atoms with Crippen LogP contribution < -0.4 is 11.1 Å². The Morgan fingerprint density at radius 3 is 2.13 bits per heavy atom. The van der Waals surface area contributed by atoms with Crippen molar-refractivity contribution in [2.45, 2.75) is 31.6 Å². The van der Waals surface area contributed by atoms with Crippen molar-refractivity contribution in [1.29, 1.82) is 0 Å². The monoisotopic (exact) mass is 252 g/mol. The van der Waals surface area contributed by atoms with Gasteiger partial charge in [0.2, 0.25) is 5.91 Å².